The molecule has 1 unspecified atom stereocenters. The summed E-state index contributed by atoms with van der Waals surface area (Å²) in [5, 5.41) is 0. The van der Waals surface area contributed by atoms with E-state index in [4.69, 9.17) is 0 Å². The highest BCUT2D eigenvalue weighted by Gasteiger charge is 2.23. The highest BCUT2D eigenvalue weighted by Crippen LogP contribution is 2.36. The van der Waals surface area contributed by atoms with Gasteiger partial charge in [0, 0.05) is 24.0 Å². The van der Waals surface area contributed by atoms with Crippen molar-refractivity contribution in [1.29, 1.82) is 0 Å². The summed E-state index contributed by atoms with van der Waals surface area (Å²) in [6, 6.07) is 18.3. The minimum Gasteiger partial charge on any atom is -0.339 e. The smallest absolute Gasteiger partial charge is 0.0444 e. The van der Waals surface area contributed by atoms with Gasteiger partial charge in [0.25, 0.3) is 0 Å². The molecule has 1 heterocycles. The van der Waals surface area contributed by atoms with E-state index in [9.17, 15) is 0 Å². The number of hydrogen-bond donors (Lipinski definition) is 0. The topological polar surface area (TPSA) is 6.48 Å². The molecule has 122 valence electrons. The largest absolute Gasteiger partial charge is 0.339 e. The van der Waals surface area contributed by atoms with Crippen LogP contribution in [0.2, 0.25) is 0 Å². The lowest BCUT2D eigenvalue weighted by atomic mass is 10.0. The van der Waals surface area contributed by atoms with Gasteiger partial charge >= 0.3 is 0 Å². The number of benzene rings is 2. The molecule has 0 aliphatic carbocycles. The molecule has 1 atom stereocenters. The van der Waals surface area contributed by atoms with E-state index in [0.29, 0.717) is 6.04 Å². The minimum absolute atomic E-state index is 0.532. The molecular weight excluding hydrogens is 280 g/mol. The molecule has 0 bridgehead atoms. The van der Waals surface area contributed by atoms with Crippen LogP contribution >= 0.6 is 0 Å². The van der Waals surface area contributed by atoms with Crippen LogP contribution in [0.5, 0.6) is 0 Å². The molecule has 2 aromatic carbocycles. The number of likely N-dealkylation sites (N-methyl/N-ethyl adjacent to an activating group) is 1. The van der Waals surface area contributed by atoms with Crippen LogP contribution in [-0.4, -0.2) is 30.6 Å². The summed E-state index contributed by atoms with van der Waals surface area (Å²) in [6.45, 7) is 10.1. The van der Waals surface area contributed by atoms with Crippen LogP contribution in [0.15, 0.2) is 48.5 Å². The average molecular weight is 308 g/mol. The highest BCUT2D eigenvalue weighted by atomic mass is 15.2. The fourth-order valence-electron chi connectivity index (χ4n) is 3.79. The van der Waals surface area contributed by atoms with E-state index in [0.717, 1.165) is 32.5 Å². The Hall–Kier alpha value is -1.80. The molecule has 3 rings (SSSR count). The van der Waals surface area contributed by atoms with Crippen molar-refractivity contribution in [1.82, 2.24) is 4.90 Å². The fourth-order valence-corrected chi connectivity index (χ4v) is 3.79. The number of hydrogen-bond acceptors (Lipinski definition) is 2. The molecule has 2 heteroatoms. The lowest BCUT2D eigenvalue weighted by Crippen LogP contribution is -2.41. The Morgan fingerprint density at radius 1 is 0.870 bits per heavy atom. The first-order valence-electron chi connectivity index (χ1n) is 8.92. The third kappa shape index (κ3) is 3.28. The molecule has 0 saturated heterocycles. The maximum Gasteiger partial charge on any atom is 0.0444 e. The van der Waals surface area contributed by atoms with Crippen molar-refractivity contribution >= 4 is 11.4 Å². The van der Waals surface area contributed by atoms with Crippen molar-refractivity contribution in [2.45, 2.75) is 39.7 Å². The molecule has 2 nitrogen and oxygen atoms in total. The van der Waals surface area contributed by atoms with Gasteiger partial charge in [-0.15, -0.1) is 0 Å². The molecule has 0 radical (unpaired) electrons. The second-order valence-corrected chi connectivity index (χ2v) is 6.44. The number of nitrogens with zero attached hydrogens (tertiary/aromatic N) is 2. The molecule has 1 aliphatic heterocycles. The quantitative estimate of drug-likeness (QED) is 0.793. The van der Waals surface area contributed by atoms with Gasteiger partial charge in [-0.05, 0) is 56.1 Å². The second-order valence-electron chi connectivity index (χ2n) is 6.44. The molecule has 0 spiro atoms. The van der Waals surface area contributed by atoms with Crippen LogP contribution in [0.25, 0.3) is 0 Å². The van der Waals surface area contributed by atoms with Crippen LogP contribution < -0.4 is 4.90 Å². The Morgan fingerprint density at radius 2 is 1.35 bits per heavy atom. The maximum atomic E-state index is 2.54. The monoisotopic (exact) mass is 308 g/mol. The minimum atomic E-state index is 0.532. The summed E-state index contributed by atoms with van der Waals surface area (Å²) in [5.74, 6) is 0. The normalized spacial score (nSPS) is 15.0. The molecule has 0 N–H and O–H groups in total. The average Bonchev–Trinajstić information content (AvgIpc) is 2.74. The second kappa shape index (κ2) is 7.18. The van der Waals surface area contributed by atoms with E-state index in [1.54, 1.807) is 0 Å². The molecule has 0 amide bonds. The van der Waals surface area contributed by atoms with Gasteiger partial charge in [0.05, 0.1) is 0 Å². The Bertz CT molecular complexity index is 598. The summed E-state index contributed by atoms with van der Waals surface area (Å²) in [6.07, 6.45) is 2.26. The van der Waals surface area contributed by atoms with Crippen LogP contribution in [0.4, 0.5) is 11.4 Å². The van der Waals surface area contributed by atoms with Gasteiger partial charge in [-0.2, -0.15) is 0 Å². The van der Waals surface area contributed by atoms with Crippen molar-refractivity contribution in [2.75, 3.05) is 24.5 Å². The predicted octanol–water partition coefficient (Wildman–Crippen LogP) is 4.65. The number of fused-ring (bicyclic) bond motifs is 2. The highest BCUT2D eigenvalue weighted by molar-refractivity contribution is 5.71. The van der Waals surface area contributed by atoms with Gasteiger partial charge in [-0.3, -0.25) is 4.90 Å². The van der Waals surface area contributed by atoms with Crippen molar-refractivity contribution in [3.05, 3.63) is 59.7 Å². The molecule has 2 aromatic rings. The van der Waals surface area contributed by atoms with Gasteiger partial charge < -0.3 is 4.90 Å². The number of anilines is 2. The van der Waals surface area contributed by atoms with Crippen molar-refractivity contribution < 1.29 is 0 Å². The first kappa shape index (κ1) is 16.1. The van der Waals surface area contributed by atoms with Gasteiger partial charge in [0.2, 0.25) is 0 Å². The Balaban J connectivity index is 2.00. The predicted molar refractivity (Wildman–Crippen MR) is 99.7 cm³/mol. The molecule has 0 fully saturated rings. The summed E-state index contributed by atoms with van der Waals surface area (Å²) in [7, 11) is 0. The van der Waals surface area contributed by atoms with Crippen LogP contribution in [-0.2, 0) is 12.8 Å². The number of rotatable bonds is 5. The van der Waals surface area contributed by atoms with Crippen LogP contribution in [0.1, 0.15) is 31.9 Å². The standard InChI is InChI=1S/C21H28N2/c1-4-22(5-2)17(3)16-23-20-12-8-6-10-18(20)14-15-19-11-7-9-13-21(19)23/h6-13,17H,4-5,14-16H2,1-3H3. The summed E-state index contributed by atoms with van der Waals surface area (Å²) < 4.78 is 0. The van der Waals surface area contributed by atoms with E-state index in [1.165, 1.54) is 22.5 Å². The third-order valence-electron chi connectivity index (χ3n) is 5.11. The lowest BCUT2D eigenvalue weighted by Gasteiger charge is -2.34. The zero-order valence-corrected chi connectivity index (χ0v) is 14.6. The molecule has 23 heavy (non-hydrogen) atoms. The fraction of sp³-hybridized carbons (Fsp3) is 0.429. The maximum absolute atomic E-state index is 2.54. The molecular formula is C21H28N2. The summed E-state index contributed by atoms with van der Waals surface area (Å²) in [5.41, 5.74) is 5.71. The third-order valence-corrected chi connectivity index (χ3v) is 5.11. The van der Waals surface area contributed by atoms with E-state index in [2.05, 4.69) is 79.1 Å². The van der Waals surface area contributed by atoms with Gasteiger partial charge in [-0.1, -0.05) is 50.2 Å². The van der Waals surface area contributed by atoms with E-state index in [-0.39, 0.29) is 0 Å². The zero-order chi connectivity index (χ0) is 16.2. The number of aryl methyl sites for hydroxylation is 2. The lowest BCUT2D eigenvalue weighted by molar-refractivity contribution is 0.236. The number of para-hydroxylation sites is 2. The van der Waals surface area contributed by atoms with Gasteiger partial charge in [0.1, 0.15) is 0 Å². The molecule has 0 aromatic heterocycles. The molecule has 0 saturated carbocycles. The van der Waals surface area contributed by atoms with Crippen molar-refractivity contribution in [2.24, 2.45) is 0 Å². The first-order valence-corrected chi connectivity index (χ1v) is 8.92. The van der Waals surface area contributed by atoms with Crippen LogP contribution in [0, 0.1) is 0 Å². The van der Waals surface area contributed by atoms with E-state index >= 15 is 0 Å². The Kier molecular flexibility index (Phi) is 5.02. The van der Waals surface area contributed by atoms with Gasteiger partial charge in [-0.25, -0.2) is 0 Å². The van der Waals surface area contributed by atoms with Crippen molar-refractivity contribution in [3.8, 4) is 0 Å². The van der Waals surface area contributed by atoms with E-state index in [1.807, 2.05) is 0 Å². The Morgan fingerprint density at radius 3 is 1.83 bits per heavy atom. The van der Waals surface area contributed by atoms with E-state index < -0.39 is 0 Å². The Labute approximate surface area is 140 Å². The van der Waals surface area contributed by atoms with Crippen molar-refractivity contribution in [3.63, 3.8) is 0 Å². The SMILES string of the molecule is CCN(CC)C(C)CN1c2ccccc2CCc2ccccc21. The zero-order valence-electron chi connectivity index (χ0n) is 14.6. The summed E-state index contributed by atoms with van der Waals surface area (Å²) in [4.78, 5) is 5.08. The van der Waals surface area contributed by atoms with Crippen LogP contribution in [0.3, 0.4) is 0 Å². The van der Waals surface area contributed by atoms with Gasteiger partial charge in [0.15, 0.2) is 0 Å². The summed E-state index contributed by atoms with van der Waals surface area (Å²) >= 11 is 0. The molecule has 1 aliphatic rings. The first-order chi connectivity index (χ1) is 11.2.